The summed E-state index contributed by atoms with van der Waals surface area (Å²) in [5.74, 6) is 6.23. The van der Waals surface area contributed by atoms with Crippen LogP contribution in [-0.4, -0.2) is 39.6 Å². The molecule has 214 valence electrons. The van der Waals surface area contributed by atoms with Gasteiger partial charge >= 0.3 is 6.18 Å². The molecular formula is C31H28F3N7O. The lowest BCUT2D eigenvalue weighted by Crippen LogP contribution is -2.31. The molecule has 1 aliphatic rings. The van der Waals surface area contributed by atoms with Gasteiger partial charge in [0.25, 0.3) is 5.91 Å². The Hall–Kier alpha value is -5.24. The number of benzene rings is 2. The predicted molar refractivity (Wildman–Crippen MR) is 155 cm³/mol. The normalized spacial score (nSPS) is 12.8. The van der Waals surface area contributed by atoms with Gasteiger partial charge < -0.3 is 15.6 Å². The van der Waals surface area contributed by atoms with Crippen molar-refractivity contribution < 1.29 is 18.0 Å². The van der Waals surface area contributed by atoms with Crippen LogP contribution in [0.25, 0.3) is 5.65 Å². The quantitative estimate of drug-likeness (QED) is 0.308. The zero-order valence-corrected chi connectivity index (χ0v) is 23.4. The van der Waals surface area contributed by atoms with Gasteiger partial charge in [-0.3, -0.25) is 9.80 Å². The van der Waals surface area contributed by atoms with Gasteiger partial charge in [-0.15, -0.1) is 5.10 Å². The van der Waals surface area contributed by atoms with Crippen LogP contribution in [0.2, 0.25) is 0 Å². The van der Waals surface area contributed by atoms with Gasteiger partial charge in [-0.05, 0) is 73.0 Å². The van der Waals surface area contributed by atoms with E-state index in [0.29, 0.717) is 17.2 Å². The third kappa shape index (κ3) is 6.39. The van der Waals surface area contributed by atoms with Crippen LogP contribution < -0.4 is 15.6 Å². The Balaban J connectivity index is 1.35. The fourth-order valence-corrected chi connectivity index (χ4v) is 4.20. The number of halogens is 3. The maximum Gasteiger partial charge on any atom is 0.416 e. The van der Waals surface area contributed by atoms with Gasteiger partial charge in [0.2, 0.25) is 5.95 Å². The first kappa shape index (κ1) is 28.3. The van der Waals surface area contributed by atoms with E-state index in [2.05, 4.69) is 32.7 Å². The summed E-state index contributed by atoms with van der Waals surface area (Å²) in [5, 5.41) is 8.52. The number of carbonyl (C=O) groups is 1. The number of fused-ring (bicyclic) bond motifs is 1. The first-order valence-electron chi connectivity index (χ1n) is 13.0. The van der Waals surface area contributed by atoms with Crippen molar-refractivity contribution in [1.29, 1.82) is 0 Å². The molecule has 5 rings (SSSR count). The molecule has 42 heavy (non-hydrogen) atoms. The summed E-state index contributed by atoms with van der Waals surface area (Å²) in [6, 6.07) is 12.4. The van der Waals surface area contributed by atoms with E-state index < -0.39 is 17.6 Å². The molecule has 0 spiro atoms. The Morgan fingerprint density at radius 1 is 1.07 bits per heavy atom. The minimum atomic E-state index is -4.60. The number of aromatic nitrogens is 3. The monoisotopic (exact) mass is 571 g/mol. The van der Waals surface area contributed by atoms with Crippen molar-refractivity contribution in [2.45, 2.75) is 26.6 Å². The van der Waals surface area contributed by atoms with E-state index in [4.69, 9.17) is 0 Å². The topological polar surface area (TPSA) is 77.8 Å². The summed E-state index contributed by atoms with van der Waals surface area (Å²) in [7, 11) is 3.72. The van der Waals surface area contributed by atoms with E-state index in [1.165, 1.54) is 12.1 Å². The maximum atomic E-state index is 13.9. The van der Waals surface area contributed by atoms with E-state index in [-0.39, 0.29) is 23.4 Å². The first-order valence-corrected chi connectivity index (χ1v) is 13.0. The smallest absolute Gasteiger partial charge is 0.346 e. The summed E-state index contributed by atoms with van der Waals surface area (Å²) in [4.78, 5) is 19.3. The number of carbonyl (C=O) groups excluding carboxylic acids is 1. The number of alkyl halides is 3. The highest BCUT2D eigenvalue weighted by Crippen LogP contribution is 2.34. The maximum absolute atomic E-state index is 13.9. The number of amides is 1. The van der Waals surface area contributed by atoms with Gasteiger partial charge in [-0.1, -0.05) is 24.0 Å². The summed E-state index contributed by atoms with van der Waals surface area (Å²) < 4.78 is 43.5. The molecule has 0 radical (unpaired) electrons. The van der Waals surface area contributed by atoms with Crippen molar-refractivity contribution >= 4 is 23.2 Å². The van der Waals surface area contributed by atoms with E-state index in [9.17, 15) is 18.0 Å². The molecule has 2 N–H and O–H groups in total. The molecule has 0 unspecified atom stereocenters. The molecule has 2 aromatic heterocycles. The van der Waals surface area contributed by atoms with E-state index in [1.54, 1.807) is 57.3 Å². The lowest BCUT2D eigenvalue weighted by Gasteiger charge is -2.25. The van der Waals surface area contributed by atoms with E-state index in [0.717, 1.165) is 22.8 Å². The highest BCUT2D eigenvalue weighted by Gasteiger charge is 2.34. The number of hydrazine groups is 1. The van der Waals surface area contributed by atoms with E-state index in [1.807, 2.05) is 40.1 Å². The van der Waals surface area contributed by atoms with Crippen molar-refractivity contribution in [2.24, 2.45) is 0 Å². The third-order valence-corrected chi connectivity index (χ3v) is 6.56. The average molecular weight is 572 g/mol. The number of nitrogens with zero attached hydrogens (tertiary/aromatic N) is 5. The molecule has 1 aliphatic heterocycles. The average Bonchev–Trinajstić information content (AvgIpc) is 3.38. The molecule has 0 aliphatic carbocycles. The lowest BCUT2D eigenvalue weighted by molar-refractivity contribution is -0.138. The second kappa shape index (κ2) is 11.3. The number of pyridine rings is 1. The van der Waals surface area contributed by atoms with Crippen LogP contribution in [0.3, 0.4) is 0 Å². The zero-order valence-electron chi connectivity index (χ0n) is 23.4. The second-order valence-electron chi connectivity index (χ2n) is 10.1. The SMILES string of the molecule is CC1=CNN(Cc2ccc(NC(=O)c3ccc(C)c(C#Cc4ccn5nc(N(C)C)nc5c4)c3)cc2C(F)(F)F)C=C1. The molecule has 11 heteroatoms. The Morgan fingerprint density at radius 2 is 1.88 bits per heavy atom. The Kier molecular flexibility index (Phi) is 7.63. The number of allylic oxidation sites excluding steroid dienone is 2. The predicted octanol–water partition coefficient (Wildman–Crippen LogP) is 5.51. The van der Waals surface area contributed by atoms with Gasteiger partial charge in [0.15, 0.2) is 5.65 Å². The van der Waals surface area contributed by atoms with Crippen molar-refractivity contribution in [3.05, 3.63) is 112 Å². The van der Waals surface area contributed by atoms with Gasteiger partial charge in [0.05, 0.1) is 12.1 Å². The van der Waals surface area contributed by atoms with Crippen LogP contribution >= 0.6 is 0 Å². The number of hydrogen-bond acceptors (Lipinski definition) is 6. The Bertz CT molecular complexity index is 1790. The fraction of sp³-hybridized carbons (Fsp3) is 0.194. The molecule has 1 amide bonds. The third-order valence-electron chi connectivity index (χ3n) is 6.56. The Morgan fingerprint density at radius 3 is 2.60 bits per heavy atom. The van der Waals surface area contributed by atoms with Crippen LogP contribution in [0.1, 0.15) is 45.1 Å². The minimum absolute atomic E-state index is 0.00974. The molecule has 0 fully saturated rings. The molecule has 8 nitrogen and oxygen atoms in total. The van der Waals surface area contributed by atoms with Gasteiger partial charge in [0, 0.05) is 55.1 Å². The summed E-state index contributed by atoms with van der Waals surface area (Å²) in [5.41, 5.74) is 6.30. The van der Waals surface area contributed by atoms with Gasteiger partial charge in [-0.25, -0.2) is 4.52 Å². The summed E-state index contributed by atoms with van der Waals surface area (Å²) in [6.45, 7) is 3.74. The molecule has 4 aromatic rings. The molecule has 0 saturated heterocycles. The highest BCUT2D eigenvalue weighted by molar-refractivity contribution is 6.04. The fourth-order valence-electron chi connectivity index (χ4n) is 4.20. The number of rotatable bonds is 5. The molecule has 3 heterocycles. The zero-order chi connectivity index (χ0) is 30.0. The number of hydrogen-bond donors (Lipinski definition) is 2. The van der Waals surface area contributed by atoms with Gasteiger partial charge in [-0.2, -0.15) is 18.2 Å². The molecule has 0 bridgehead atoms. The highest BCUT2D eigenvalue weighted by atomic mass is 19.4. The second-order valence-corrected chi connectivity index (χ2v) is 10.1. The van der Waals surface area contributed by atoms with Crippen molar-refractivity contribution in [3.63, 3.8) is 0 Å². The van der Waals surface area contributed by atoms with Crippen LogP contribution in [0.5, 0.6) is 0 Å². The molecule has 0 atom stereocenters. The number of anilines is 2. The minimum Gasteiger partial charge on any atom is -0.346 e. The first-order chi connectivity index (χ1) is 20.0. The summed E-state index contributed by atoms with van der Waals surface area (Å²) in [6.07, 6.45) is 2.36. The number of nitrogens with one attached hydrogen (secondary N) is 2. The Labute approximate surface area is 241 Å². The van der Waals surface area contributed by atoms with Gasteiger partial charge in [0.1, 0.15) is 0 Å². The van der Waals surface area contributed by atoms with E-state index >= 15 is 0 Å². The standard InChI is InChI=1S/C31H28F3N7O/c1-20-11-13-40(35-18-20)19-25-9-10-26(17-27(25)31(32,33)34)36-29(42)24-7-5-21(2)23(16-24)8-6-22-12-14-41-28(15-22)37-30(38-41)39(3)4/h5,7,9-18,35H,19H2,1-4H3,(H,36,42). The molecule has 2 aromatic carbocycles. The van der Waals surface area contributed by atoms with Crippen molar-refractivity contribution in [3.8, 4) is 11.8 Å². The van der Waals surface area contributed by atoms with Crippen LogP contribution in [0, 0.1) is 18.8 Å². The number of aryl methyl sites for hydroxylation is 1. The lowest BCUT2D eigenvalue weighted by atomic mass is 10.0. The summed E-state index contributed by atoms with van der Waals surface area (Å²) >= 11 is 0. The van der Waals surface area contributed by atoms with Crippen molar-refractivity contribution in [2.75, 3.05) is 24.3 Å². The largest absolute Gasteiger partial charge is 0.416 e. The van der Waals surface area contributed by atoms with Crippen molar-refractivity contribution in [1.82, 2.24) is 25.0 Å². The molecule has 0 saturated carbocycles. The van der Waals surface area contributed by atoms with Crippen LogP contribution in [0.4, 0.5) is 24.8 Å². The van der Waals surface area contributed by atoms with Crippen LogP contribution in [0.15, 0.2) is 78.8 Å². The van der Waals surface area contributed by atoms with Crippen LogP contribution in [-0.2, 0) is 12.7 Å². The molecular weight excluding hydrogens is 543 g/mol.